The van der Waals surface area contributed by atoms with Crippen LogP contribution in [0, 0.1) is 6.92 Å². The molecule has 0 spiro atoms. The molecule has 0 amide bonds. The number of carboxylic acid groups (broad SMARTS) is 1. The molecule has 0 aliphatic carbocycles. The molecule has 3 nitrogen and oxygen atoms in total. The molecule has 0 aromatic heterocycles. The molecule has 0 fully saturated rings. The zero-order valence-corrected chi connectivity index (χ0v) is 10.5. The normalized spacial score (nSPS) is 12.2. The molecule has 0 radical (unpaired) electrons. The van der Waals surface area contributed by atoms with Gasteiger partial charge < -0.3 is 9.84 Å². The van der Waals surface area contributed by atoms with Crippen molar-refractivity contribution in [2.24, 2.45) is 0 Å². The monoisotopic (exact) mass is 240 g/mol. The number of hydrogen-bond donors (Lipinski definition) is 1. The van der Waals surface area contributed by atoms with Crippen LogP contribution in [0.5, 0.6) is 5.75 Å². The fourth-order valence-electron chi connectivity index (χ4n) is 1.34. The van der Waals surface area contributed by atoms with Crippen LogP contribution in [0.3, 0.4) is 0 Å². The van der Waals surface area contributed by atoms with Crippen LogP contribution in [-0.2, 0) is 4.79 Å². The molecule has 0 saturated heterocycles. The van der Waals surface area contributed by atoms with Crippen molar-refractivity contribution in [3.05, 3.63) is 23.8 Å². The Hall–Kier alpha value is -1.16. The van der Waals surface area contributed by atoms with Gasteiger partial charge in [-0.05, 0) is 37.1 Å². The Balaban J connectivity index is 2.84. The van der Waals surface area contributed by atoms with Crippen LogP contribution in [0.15, 0.2) is 23.1 Å². The van der Waals surface area contributed by atoms with E-state index in [4.69, 9.17) is 9.84 Å². The lowest BCUT2D eigenvalue weighted by Gasteiger charge is -2.12. The standard InChI is InChI=1S/C12H16O3S/c1-4-10(12(13)14)16-11-6-5-9(15-3)7-8(11)2/h5-7,10H,4H2,1-3H3,(H,13,14). The zero-order chi connectivity index (χ0) is 12.1. The van der Waals surface area contributed by atoms with Gasteiger partial charge in [0.15, 0.2) is 0 Å². The minimum Gasteiger partial charge on any atom is -0.497 e. The summed E-state index contributed by atoms with van der Waals surface area (Å²) in [7, 11) is 1.62. The lowest BCUT2D eigenvalue weighted by Crippen LogP contribution is -2.14. The lowest BCUT2D eigenvalue weighted by atomic mass is 10.2. The molecule has 0 aliphatic rings. The summed E-state index contributed by atoms with van der Waals surface area (Å²) in [6, 6.07) is 5.67. The third-order valence-corrected chi connectivity index (χ3v) is 3.83. The van der Waals surface area contributed by atoms with Crippen LogP contribution >= 0.6 is 11.8 Å². The first kappa shape index (κ1) is 12.9. The van der Waals surface area contributed by atoms with E-state index in [-0.39, 0.29) is 5.25 Å². The van der Waals surface area contributed by atoms with Crippen molar-refractivity contribution < 1.29 is 14.6 Å². The smallest absolute Gasteiger partial charge is 0.316 e. The van der Waals surface area contributed by atoms with Crippen LogP contribution in [0.1, 0.15) is 18.9 Å². The molecule has 1 unspecified atom stereocenters. The number of ether oxygens (including phenoxy) is 1. The maximum Gasteiger partial charge on any atom is 0.316 e. The van der Waals surface area contributed by atoms with E-state index in [0.29, 0.717) is 6.42 Å². The summed E-state index contributed by atoms with van der Waals surface area (Å²) in [6.45, 7) is 3.84. The van der Waals surface area contributed by atoms with E-state index < -0.39 is 5.97 Å². The number of aryl methyl sites for hydroxylation is 1. The van der Waals surface area contributed by atoms with Crippen LogP contribution in [0.4, 0.5) is 0 Å². The molecule has 0 bridgehead atoms. The lowest BCUT2D eigenvalue weighted by molar-refractivity contribution is -0.136. The first-order valence-electron chi connectivity index (χ1n) is 5.12. The summed E-state index contributed by atoms with van der Waals surface area (Å²) in [5.74, 6) is 0.0351. The second-order valence-corrected chi connectivity index (χ2v) is 4.73. The second kappa shape index (κ2) is 5.80. The average molecular weight is 240 g/mol. The van der Waals surface area contributed by atoms with Gasteiger partial charge in [0.25, 0.3) is 0 Å². The zero-order valence-electron chi connectivity index (χ0n) is 9.69. The predicted octanol–water partition coefficient (Wildman–Crippen LogP) is 2.96. The summed E-state index contributed by atoms with van der Waals surface area (Å²) in [6.07, 6.45) is 0.617. The van der Waals surface area contributed by atoms with Gasteiger partial charge in [-0.2, -0.15) is 0 Å². The average Bonchev–Trinajstić information content (AvgIpc) is 2.26. The topological polar surface area (TPSA) is 46.5 Å². The van der Waals surface area contributed by atoms with Gasteiger partial charge in [0.1, 0.15) is 11.0 Å². The van der Waals surface area contributed by atoms with Gasteiger partial charge in [-0.1, -0.05) is 6.92 Å². The van der Waals surface area contributed by atoms with E-state index in [1.807, 2.05) is 32.0 Å². The van der Waals surface area contributed by atoms with Crippen LogP contribution in [0.25, 0.3) is 0 Å². The quantitative estimate of drug-likeness (QED) is 0.804. The number of hydrogen-bond acceptors (Lipinski definition) is 3. The molecule has 1 N–H and O–H groups in total. The predicted molar refractivity (Wildman–Crippen MR) is 65.3 cm³/mol. The Labute approximate surface area is 99.8 Å². The van der Waals surface area contributed by atoms with Crippen molar-refractivity contribution in [2.75, 3.05) is 7.11 Å². The molecule has 0 heterocycles. The Kier molecular flexibility index (Phi) is 4.68. The van der Waals surface area contributed by atoms with Crippen molar-refractivity contribution in [3.63, 3.8) is 0 Å². The van der Waals surface area contributed by atoms with Gasteiger partial charge in [0.2, 0.25) is 0 Å². The third-order valence-electron chi connectivity index (χ3n) is 2.30. The first-order chi connectivity index (χ1) is 7.58. The van der Waals surface area contributed by atoms with E-state index in [2.05, 4.69) is 0 Å². The van der Waals surface area contributed by atoms with Gasteiger partial charge in [0, 0.05) is 4.90 Å². The fourth-order valence-corrected chi connectivity index (χ4v) is 2.31. The van der Waals surface area contributed by atoms with E-state index in [0.717, 1.165) is 16.2 Å². The van der Waals surface area contributed by atoms with Gasteiger partial charge in [0.05, 0.1) is 7.11 Å². The summed E-state index contributed by atoms with van der Waals surface area (Å²) >= 11 is 1.39. The van der Waals surface area contributed by atoms with E-state index in [1.54, 1.807) is 7.11 Å². The first-order valence-corrected chi connectivity index (χ1v) is 6.00. The summed E-state index contributed by atoms with van der Waals surface area (Å²) < 4.78 is 5.10. The van der Waals surface area contributed by atoms with Gasteiger partial charge >= 0.3 is 5.97 Å². The Morgan fingerprint density at radius 2 is 2.25 bits per heavy atom. The van der Waals surface area contributed by atoms with Crippen molar-refractivity contribution in [3.8, 4) is 5.75 Å². The highest BCUT2D eigenvalue weighted by molar-refractivity contribution is 8.00. The Morgan fingerprint density at radius 1 is 1.56 bits per heavy atom. The van der Waals surface area contributed by atoms with Crippen LogP contribution in [0.2, 0.25) is 0 Å². The van der Waals surface area contributed by atoms with Crippen molar-refractivity contribution in [1.29, 1.82) is 0 Å². The Morgan fingerprint density at radius 3 is 2.69 bits per heavy atom. The van der Waals surface area contributed by atoms with Gasteiger partial charge in [-0.15, -0.1) is 11.8 Å². The number of methoxy groups -OCH3 is 1. The highest BCUT2D eigenvalue weighted by atomic mass is 32.2. The van der Waals surface area contributed by atoms with Crippen LogP contribution in [-0.4, -0.2) is 23.4 Å². The SMILES string of the molecule is CCC(Sc1ccc(OC)cc1C)C(=O)O. The number of carbonyl (C=O) groups is 1. The molecular formula is C12H16O3S. The molecular weight excluding hydrogens is 224 g/mol. The van der Waals surface area contributed by atoms with E-state index in [9.17, 15) is 4.79 Å². The maximum atomic E-state index is 10.9. The molecule has 16 heavy (non-hydrogen) atoms. The second-order valence-electron chi connectivity index (χ2n) is 3.48. The number of rotatable bonds is 5. The highest BCUT2D eigenvalue weighted by Crippen LogP contribution is 2.30. The Bertz CT molecular complexity index is 377. The third kappa shape index (κ3) is 3.17. The summed E-state index contributed by atoms with van der Waals surface area (Å²) in [5.41, 5.74) is 1.05. The number of thioether (sulfide) groups is 1. The number of aliphatic carboxylic acids is 1. The summed E-state index contributed by atoms with van der Waals surface area (Å²) in [5, 5.41) is 8.60. The highest BCUT2D eigenvalue weighted by Gasteiger charge is 2.17. The van der Waals surface area contributed by atoms with E-state index in [1.165, 1.54) is 11.8 Å². The van der Waals surface area contributed by atoms with Crippen molar-refractivity contribution in [2.45, 2.75) is 30.4 Å². The molecule has 1 atom stereocenters. The molecule has 4 heteroatoms. The van der Waals surface area contributed by atoms with Gasteiger partial charge in [-0.3, -0.25) is 4.79 Å². The number of benzene rings is 1. The maximum absolute atomic E-state index is 10.9. The molecule has 88 valence electrons. The largest absolute Gasteiger partial charge is 0.497 e. The molecule has 0 aliphatic heterocycles. The minimum absolute atomic E-state index is 0.382. The van der Waals surface area contributed by atoms with E-state index >= 15 is 0 Å². The molecule has 1 aromatic carbocycles. The molecule has 1 aromatic rings. The van der Waals surface area contributed by atoms with Crippen LogP contribution < -0.4 is 4.74 Å². The summed E-state index contributed by atoms with van der Waals surface area (Å²) in [4.78, 5) is 11.9. The van der Waals surface area contributed by atoms with Crippen molar-refractivity contribution in [1.82, 2.24) is 0 Å². The molecule has 1 rings (SSSR count). The molecule has 0 saturated carbocycles. The number of carboxylic acids is 1. The van der Waals surface area contributed by atoms with Gasteiger partial charge in [-0.25, -0.2) is 0 Å². The minimum atomic E-state index is -0.761. The van der Waals surface area contributed by atoms with Crippen molar-refractivity contribution >= 4 is 17.7 Å². The fraction of sp³-hybridized carbons (Fsp3) is 0.417.